The van der Waals surface area contributed by atoms with Gasteiger partial charge in [-0.3, -0.25) is 4.79 Å². The molecule has 0 aliphatic rings. The number of hydrogen-bond donors (Lipinski definition) is 1. The minimum Gasteiger partial charge on any atom is -0.477 e. The third kappa shape index (κ3) is 3.24. The van der Waals surface area contributed by atoms with Crippen molar-refractivity contribution in [2.24, 2.45) is 0 Å². The Balaban J connectivity index is 1.90. The van der Waals surface area contributed by atoms with Gasteiger partial charge in [-0.05, 0) is 12.1 Å². The molecule has 94 valence electrons. The summed E-state index contributed by atoms with van der Waals surface area (Å²) in [4.78, 5) is 23.4. The summed E-state index contributed by atoms with van der Waals surface area (Å²) in [5, 5.41) is 10.6. The second-order valence-corrected chi connectivity index (χ2v) is 5.61. The van der Waals surface area contributed by atoms with Crippen LogP contribution in [0.2, 0.25) is 0 Å². The quantitative estimate of drug-likeness (QED) is 0.855. The third-order valence-electron chi connectivity index (χ3n) is 2.29. The first-order valence-corrected chi connectivity index (χ1v) is 7.13. The number of pyridine rings is 1. The van der Waals surface area contributed by atoms with E-state index in [-0.39, 0.29) is 5.56 Å². The molecule has 2 rings (SSSR count). The highest BCUT2D eigenvalue weighted by Gasteiger charge is 2.06. The van der Waals surface area contributed by atoms with E-state index in [2.05, 4.69) is 0 Å². The molecular weight excluding hydrogens is 270 g/mol. The maximum absolute atomic E-state index is 11.4. The summed E-state index contributed by atoms with van der Waals surface area (Å²) in [5.74, 6) is -0.161. The number of aromatic nitrogens is 1. The van der Waals surface area contributed by atoms with Crippen molar-refractivity contribution >= 4 is 29.1 Å². The molecule has 0 saturated heterocycles. The second-order valence-electron chi connectivity index (χ2n) is 3.53. The van der Waals surface area contributed by atoms with Crippen LogP contribution in [-0.2, 0) is 6.54 Å². The van der Waals surface area contributed by atoms with Crippen molar-refractivity contribution in [3.63, 3.8) is 0 Å². The fourth-order valence-corrected chi connectivity index (χ4v) is 3.24. The first kappa shape index (κ1) is 12.9. The van der Waals surface area contributed by atoms with E-state index in [0.29, 0.717) is 11.4 Å². The minimum absolute atomic E-state index is 0.0188. The number of carboxylic acid groups (broad SMARTS) is 1. The predicted molar refractivity (Wildman–Crippen MR) is 72.7 cm³/mol. The van der Waals surface area contributed by atoms with E-state index in [1.165, 1.54) is 17.4 Å². The maximum atomic E-state index is 11.4. The van der Waals surface area contributed by atoms with E-state index in [1.807, 2.05) is 11.4 Å². The lowest BCUT2D eigenvalue weighted by Crippen LogP contribution is -2.18. The molecule has 0 aromatic carbocycles. The number of carbonyl (C=O) groups is 1. The highest BCUT2D eigenvalue weighted by Crippen LogP contribution is 2.24. The monoisotopic (exact) mass is 281 g/mol. The van der Waals surface area contributed by atoms with Crippen molar-refractivity contribution in [2.45, 2.75) is 11.4 Å². The van der Waals surface area contributed by atoms with Gasteiger partial charge in [0.25, 0.3) is 5.56 Å². The Hall–Kier alpha value is -1.53. The molecule has 0 bridgehead atoms. The molecule has 0 unspecified atom stereocenters. The molecule has 0 aliphatic heterocycles. The van der Waals surface area contributed by atoms with Crippen molar-refractivity contribution in [1.29, 1.82) is 0 Å². The Labute approximate surface area is 112 Å². The standard InChI is InChI=1S/C12H11NO3S2/c14-11-3-1-2-4-13(11)5-6-17-9-7-10(12(15)16)18-8-9/h1-4,7-8H,5-6H2,(H,15,16). The molecular formula is C12H11NO3S2. The highest BCUT2D eigenvalue weighted by atomic mass is 32.2. The van der Waals surface area contributed by atoms with Crippen molar-refractivity contribution in [3.05, 3.63) is 51.1 Å². The van der Waals surface area contributed by atoms with E-state index >= 15 is 0 Å². The smallest absolute Gasteiger partial charge is 0.345 e. The fraction of sp³-hybridized carbons (Fsp3) is 0.167. The molecule has 18 heavy (non-hydrogen) atoms. The summed E-state index contributed by atoms with van der Waals surface area (Å²) in [7, 11) is 0. The SMILES string of the molecule is O=C(O)c1cc(SCCn2ccccc2=O)cs1. The first-order chi connectivity index (χ1) is 8.66. The van der Waals surface area contributed by atoms with Crippen LogP contribution in [0.1, 0.15) is 9.67 Å². The van der Waals surface area contributed by atoms with Gasteiger partial charge in [0, 0.05) is 34.8 Å². The van der Waals surface area contributed by atoms with Gasteiger partial charge in [0.05, 0.1) is 0 Å². The van der Waals surface area contributed by atoms with Crippen LogP contribution in [0.5, 0.6) is 0 Å². The zero-order valence-electron chi connectivity index (χ0n) is 9.41. The van der Waals surface area contributed by atoms with E-state index in [9.17, 15) is 9.59 Å². The van der Waals surface area contributed by atoms with Gasteiger partial charge in [0.15, 0.2) is 0 Å². The number of nitrogens with zero attached hydrogens (tertiary/aromatic N) is 1. The Morgan fingerprint density at radius 1 is 1.44 bits per heavy atom. The molecule has 6 heteroatoms. The molecule has 0 aliphatic carbocycles. The lowest BCUT2D eigenvalue weighted by Gasteiger charge is -2.03. The number of aryl methyl sites for hydroxylation is 1. The summed E-state index contributed by atoms with van der Waals surface area (Å²) >= 11 is 2.77. The summed E-state index contributed by atoms with van der Waals surface area (Å²) in [5.41, 5.74) is -0.0188. The van der Waals surface area contributed by atoms with Gasteiger partial charge in [-0.25, -0.2) is 4.79 Å². The number of aromatic carboxylic acids is 1. The molecule has 0 saturated carbocycles. The van der Waals surface area contributed by atoms with E-state index in [1.54, 1.807) is 34.7 Å². The average Bonchev–Trinajstić information content (AvgIpc) is 2.80. The summed E-state index contributed by atoms with van der Waals surface area (Å²) in [6.45, 7) is 0.614. The number of thiophene rings is 1. The largest absolute Gasteiger partial charge is 0.477 e. The van der Waals surface area contributed by atoms with E-state index < -0.39 is 5.97 Å². The summed E-state index contributed by atoms with van der Waals surface area (Å²) in [6, 6.07) is 6.71. The van der Waals surface area contributed by atoms with Crippen LogP contribution in [0.3, 0.4) is 0 Å². The van der Waals surface area contributed by atoms with Crippen molar-refractivity contribution in [3.8, 4) is 0 Å². The Kier molecular flexibility index (Phi) is 4.22. The molecule has 0 radical (unpaired) electrons. The average molecular weight is 281 g/mol. The van der Waals surface area contributed by atoms with Crippen LogP contribution in [0.25, 0.3) is 0 Å². The Morgan fingerprint density at radius 2 is 2.28 bits per heavy atom. The fourth-order valence-electron chi connectivity index (χ4n) is 1.41. The van der Waals surface area contributed by atoms with Gasteiger partial charge in [-0.1, -0.05) is 6.07 Å². The van der Waals surface area contributed by atoms with Crippen molar-refractivity contribution in [1.82, 2.24) is 4.57 Å². The highest BCUT2D eigenvalue weighted by molar-refractivity contribution is 7.99. The lowest BCUT2D eigenvalue weighted by molar-refractivity contribution is 0.0702. The van der Waals surface area contributed by atoms with Gasteiger partial charge in [-0.15, -0.1) is 23.1 Å². The predicted octanol–water partition coefficient (Wildman–Crippen LogP) is 2.40. The van der Waals surface area contributed by atoms with E-state index in [0.717, 1.165) is 10.6 Å². The first-order valence-electron chi connectivity index (χ1n) is 5.27. The van der Waals surface area contributed by atoms with Crippen LogP contribution in [0.15, 0.2) is 45.5 Å². The van der Waals surface area contributed by atoms with Crippen LogP contribution >= 0.6 is 23.1 Å². The van der Waals surface area contributed by atoms with Crippen LogP contribution in [0.4, 0.5) is 0 Å². The van der Waals surface area contributed by atoms with Crippen LogP contribution in [0, 0.1) is 0 Å². The Morgan fingerprint density at radius 3 is 2.94 bits per heavy atom. The number of rotatable bonds is 5. The van der Waals surface area contributed by atoms with E-state index in [4.69, 9.17) is 5.11 Å². The second kappa shape index (κ2) is 5.88. The summed E-state index contributed by atoms with van der Waals surface area (Å²) in [6.07, 6.45) is 1.75. The van der Waals surface area contributed by atoms with Crippen molar-refractivity contribution < 1.29 is 9.90 Å². The van der Waals surface area contributed by atoms with Crippen molar-refractivity contribution in [2.75, 3.05) is 5.75 Å². The zero-order chi connectivity index (χ0) is 13.0. The molecule has 0 spiro atoms. The topological polar surface area (TPSA) is 59.3 Å². The summed E-state index contributed by atoms with van der Waals surface area (Å²) < 4.78 is 1.64. The molecule has 0 fully saturated rings. The molecule has 2 aromatic rings. The van der Waals surface area contributed by atoms with Gasteiger partial charge >= 0.3 is 5.97 Å². The zero-order valence-corrected chi connectivity index (χ0v) is 11.0. The number of hydrogen-bond acceptors (Lipinski definition) is 4. The van der Waals surface area contributed by atoms with Gasteiger partial charge in [0.2, 0.25) is 0 Å². The molecule has 0 atom stereocenters. The minimum atomic E-state index is -0.897. The maximum Gasteiger partial charge on any atom is 0.345 e. The molecule has 1 N–H and O–H groups in total. The molecule has 2 aromatic heterocycles. The van der Waals surface area contributed by atoms with Gasteiger partial charge < -0.3 is 9.67 Å². The Bertz CT molecular complexity index is 603. The van der Waals surface area contributed by atoms with Crippen LogP contribution < -0.4 is 5.56 Å². The molecule has 2 heterocycles. The lowest BCUT2D eigenvalue weighted by atomic mass is 10.5. The van der Waals surface area contributed by atoms with Gasteiger partial charge in [0.1, 0.15) is 4.88 Å². The molecule has 4 nitrogen and oxygen atoms in total. The number of carboxylic acids is 1. The normalized spacial score (nSPS) is 10.4. The number of thioether (sulfide) groups is 1. The third-order valence-corrected chi connectivity index (χ3v) is 4.31. The van der Waals surface area contributed by atoms with Crippen LogP contribution in [-0.4, -0.2) is 21.4 Å². The molecule has 0 amide bonds. The van der Waals surface area contributed by atoms with Gasteiger partial charge in [-0.2, -0.15) is 0 Å².